The first-order chi connectivity index (χ1) is 14.5. The number of aliphatic imine (C=N–C) groups is 1. The van der Waals surface area contributed by atoms with E-state index >= 15 is 0 Å². The average Bonchev–Trinajstić information content (AvgIpc) is 3.31. The van der Waals surface area contributed by atoms with Crippen molar-refractivity contribution >= 4 is 23.6 Å². The van der Waals surface area contributed by atoms with Crippen LogP contribution in [0.5, 0.6) is 0 Å². The van der Waals surface area contributed by atoms with Gasteiger partial charge in [-0.1, -0.05) is 39.0 Å². The number of amides is 3. The number of fused-ring (bicyclic) bond motifs is 3. The number of nitrogens with zero attached hydrogens (tertiary/aromatic N) is 5. The molecule has 0 saturated carbocycles. The predicted octanol–water partition coefficient (Wildman–Crippen LogP) is 3.27. The van der Waals surface area contributed by atoms with Crippen molar-refractivity contribution in [3.63, 3.8) is 0 Å². The first-order valence-corrected chi connectivity index (χ1v) is 11.0. The van der Waals surface area contributed by atoms with Gasteiger partial charge < -0.3 is 14.7 Å². The summed E-state index contributed by atoms with van der Waals surface area (Å²) < 4.78 is 13.3. The van der Waals surface area contributed by atoms with Gasteiger partial charge >= 0.3 is 6.03 Å². The lowest BCUT2D eigenvalue weighted by molar-refractivity contribution is -0.137. The number of benzene rings is 1. The van der Waals surface area contributed by atoms with Gasteiger partial charge in [0.2, 0.25) is 5.96 Å². The van der Waals surface area contributed by atoms with Crippen molar-refractivity contribution in [2.75, 3.05) is 31.6 Å². The van der Waals surface area contributed by atoms with E-state index in [9.17, 15) is 14.0 Å². The molecular formula is C22H30FN5O2. The fourth-order valence-electron chi connectivity index (χ4n) is 4.56. The largest absolute Gasteiger partial charge is 0.328 e. The summed E-state index contributed by atoms with van der Waals surface area (Å²) in [6.45, 7) is 3.97. The van der Waals surface area contributed by atoms with Gasteiger partial charge in [0.05, 0.1) is 0 Å². The molecule has 3 aliphatic rings. The van der Waals surface area contributed by atoms with E-state index in [2.05, 4.69) is 6.92 Å². The van der Waals surface area contributed by atoms with E-state index in [-0.39, 0.29) is 17.8 Å². The number of hydrogen-bond donors (Lipinski definition) is 0. The molecule has 0 spiro atoms. The van der Waals surface area contributed by atoms with Crippen LogP contribution in [0.1, 0.15) is 45.4 Å². The highest BCUT2D eigenvalue weighted by Crippen LogP contribution is 2.33. The van der Waals surface area contributed by atoms with Gasteiger partial charge in [0.15, 0.2) is 12.2 Å². The van der Waals surface area contributed by atoms with Crippen LogP contribution in [0.3, 0.4) is 0 Å². The fraction of sp³-hybridized carbons (Fsp3) is 0.591. The number of likely N-dealkylation sites (N-methyl/N-ethyl adjacent to an activating group) is 1. The summed E-state index contributed by atoms with van der Waals surface area (Å²) in [6, 6.07) is 5.52. The van der Waals surface area contributed by atoms with Crippen molar-refractivity contribution in [1.29, 1.82) is 0 Å². The zero-order valence-electron chi connectivity index (χ0n) is 17.8. The molecule has 8 heteroatoms. The van der Waals surface area contributed by atoms with Gasteiger partial charge in [0.1, 0.15) is 5.82 Å². The monoisotopic (exact) mass is 415 g/mol. The van der Waals surface area contributed by atoms with Crippen LogP contribution in [0.2, 0.25) is 0 Å². The van der Waals surface area contributed by atoms with Gasteiger partial charge in [0.25, 0.3) is 5.91 Å². The molecule has 7 nitrogen and oxygen atoms in total. The van der Waals surface area contributed by atoms with E-state index in [4.69, 9.17) is 4.99 Å². The zero-order valence-corrected chi connectivity index (χ0v) is 17.8. The smallest absolute Gasteiger partial charge is 0.325 e. The molecule has 0 bridgehead atoms. The number of anilines is 1. The molecule has 162 valence electrons. The third-order valence-corrected chi connectivity index (χ3v) is 6.25. The van der Waals surface area contributed by atoms with E-state index in [0.29, 0.717) is 25.6 Å². The normalized spacial score (nSPS) is 23.2. The van der Waals surface area contributed by atoms with E-state index in [0.717, 1.165) is 24.9 Å². The molecule has 2 unspecified atom stereocenters. The molecule has 3 aliphatic heterocycles. The minimum atomic E-state index is -0.510. The summed E-state index contributed by atoms with van der Waals surface area (Å²) in [4.78, 5) is 37.8. The van der Waals surface area contributed by atoms with Gasteiger partial charge in [-0.15, -0.1) is 0 Å². The molecule has 0 aliphatic carbocycles. The van der Waals surface area contributed by atoms with Crippen LogP contribution in [-0.4, -0.2) is 71.5 Å². The van der Waals surface area contributed by atoms with E-state index < -0.39 is 12.2 Å². The number of imide groups is 1. The second kappa shape index (κ2) is 8.62. The lowest BCUT2D eigenvalue weighted by atomic mass is 10.1. The second-order valence-electron chi connectivity index (χ2n) is 8.26. The molecular weight excluding hydrogens is 385 g/mol. The number of rotatable bonds is 8. The third kappa shape index (κ3) is 3.63. The maximum absolute atomic E-state index is 13.3. The Labute approximate surface area is 177 Å². The van der Waals surface area contributed by atoms with Crippen LogP contribution in [0.25, 0.3) is 0 Å². The number of hydrogen-bond acceptors (Lipinski definition) is 5. The maximum atomic E-state index is 13.3. The van der Waals surface area contributed by atoms with Crippen LogP contribution < -0.4 is 4.90 Å². The van der Waals surface area contributed by atoms with Crippen LogP contribution >= 0.6 is 0 Å². The van der Waals surface area contributed by atoms with Gasteiger partial charge in [-0.3, -0.25) is 9.69 Å². The van der Waals surface area contributed by atoms with Crippen molar-refractivity contribution in [2.45, 2.75) is 57.7 Å². The second-order valence-corrected chi connectivity index (χ2v) is 8.26. The van der Waals surface area contributed by atoms with Crippen LogP contribution in [0.15, 0.2) is 29.3 Å². The lowest BCUT2D eigenvalue weighted by Crippen LogP contribution is -2.64. The zero-order chi connectivity index (χ0) is 21.3. The Morgan fingerprint density at radius 2 is 1.73 bits per heavy atom. The summed E-state index contributed by atoms with van der Waals surface area (Å²) in [5.41, 5.74) is 0.835. The average molecular weight is 416 g/mol. The third-order valence-electron chi connectivity index (χ3n) is 6.25. The molecule has 3 amide bonds. The Balaban J connectivity index is 1.45. The van der Waals surface area contributed by atoms with Crippen LogP contribution in [0.4, 0.5) is 14.9 Å². The van der Waals surface area contributed by atoms with E-state index in [1.807, 2.05) is 9.80 Å². The van der Waals surface area contributed by atoms with Crippen molar-refractivity contribution in [3.05, 3.63) is 30.1 Å². The van der Waals surface area contributed by atoms with Crippen molar-refractivity contribution in [1.82, 2.24) is 14.7 Å². The fourth-order valence-corrected chi connectivity index (χ4v) is 4.56. The number of carbonyl (C=O) groups is 2. The molecule has 0 radical (unpaired) electrons. The molecule has 3 heterocycles. The SMILES string of the molecule is CCCCCCCCN1C(=O)C2C(N=C3N(c4ccc(F)cc4)CCN32)N(C)C1=O. The van der Waals surface area contributed by atoms with Gasteiger partial charge in [-0.05, 0) is 30.7 Å². The van der Waals surface area contributed by atoms with Gasteiger partial charge in [0, 0.05) is 32.4 Å². The minimum Gasteiger partial charge on any atom is -0.325 e. The number of carbonyl (C=O) groups excluding carboxylic acids is 2. The number of unbranched alkanes of at least 4 members (excludes halogenated alkanes) is 5. The Morgan fingerprint density at radius 3 is 2.47 bits per heavy atom. The van der Waals surface area contributed by atoms with Gasteiger partial charge in [-0.25, -0.2) is 14.2 Å². The van der Waals surface area contributed by atoms with Crippen molar-refractivity contribution in [3.8, 4) is 0 Å². The molecule has 4 rings (SSSR count). The summed E-state index contributed by atoms with van der Waals surface area (Å²) in [5, 5.41) is 0. The molecule has 2 fully saturated rings. The molecule has 0 aromatic heterocycles. The Morgan fingerprint density at radius 1 is 1.03 bits per heavy atom. The molecule has 30 heavy (non-hydrogen) atoms. The molecule has 2 atom stereocenters. The number of guanidine groups is 1. The highest BCUT2D eigenvalue weighted by Gasteiger charge is 2.54. The van der Waals surface area contributed by atoms with Crippen molar-refractivity contribution < 1.29 is 14.0 Å². The van der Waals surface area contributed by atoms with Crippen molar-refractivity contribution in [2.24, 2.45) is 4.99 Å². The number of halogens is 1. The summed E-state index contributed by atoms with van der Waals surface area (Å²) in [6.07, 6.45) is 6.12. The van der Waals surface area contributed by atoms with Crippen LogP contribution in [0, 0.1) is 5.82 Å². The van der Waals surface area contributed by atoms with Gasteiger partial charge in [-0.2, -0.15) is 0 Å². The molecule has 0 N–H and O–H groups in total. The first-order valence-electron chi connectivity index (χ1n) is 11.0. The van der Waals surface area contributed by atoms with E-state index in [1.54, 1.807) is 24.1 Å². The minimum absolute atomic E-state index is 0.156. The summed E-state index contributed by atoms with van der Waals surface area (Å²) >= 11 is 0. The first kappa shape index (κ1) is 20.6. The lowest BCUT2D eigenvalue weighted by Gasteiger charge is -2.40. The molecule has 1 aromatic carbocycles. The summed E-state index contributed by atoms with van der Waals surface area (Å²) in [7, 11) is 1.72. The Kier molecular flexibility index (Phi) is 5.92. The summed E-state index contributed by atoms with van der Waals surface area (Å²) in [5.74, 6) is 0.241. The topological polar surface area (TPSA) is 59.5 Å². The number of urea groups is 1. The maximum Gasteiger partial charge on any atom is 0.328 e. The van der Waals surface area contributed by atoms with E-state index in [1.165, 1.54) is 36.3 Å². The predicted molar refractivity (Wildman–Crippen MR) is 114 cm³/mol. The Hall–Kier alpha value is -2.64. The molecule has 2 saturated heterocycles. The highest BCUT2D eigenvalue weighted by atomic mass is 19.1. The van der Waals surface area contributed by atoms with Crippen LogP contribution in [-0.2, 0) is 4.79 Å². The highest BCUT2D eigenvalue weighted by molar-refractivity contribution is 6.07. The Bertz CT molecular complexity index is 827. The standard InChI is InChI=1S/C22H30FN5O2/c1-3-4-5-6-7-8-13-28-20(29)18-19(25(2)22(28)30)24-21-26(14-15-27(18)21)17-11-9-16(23)10-12-17/h9-12,18-19H,3-8,13-15H2,1-2H3. The molecule has 1 aromatic rings. The quantitative estimate of drug-likeness (QED) is 0.612.